The van der Waals surface area contributed by atoms with E-state index in [1.165, 1.54) is 6.26 Å². The van der Waals surface area contributed by atoms with Gasteiger partial charge >= 0.3 is 0 Å². The van der Waals surface area contributed by atoms with Crippen LogP contribution in [0.5, 0.6) is 0 Å². The molecule has 0 bridgehead atoms. The van der Waals surface area contributed by atoms with Crippen molar-refractivity contribution in [1.82, 2.24) is 4.72 Å². The van der Waals surface area contributed by atoms with Crippen molar-refractivity contribution in [2.75, 3.05) is 6.54 Å². The fraction of sp³-hybridized carbons (Fsp3) is 0.412. The summed E-state index contributed by atoms with van der Waals surface area (Å²) in [5, 5.41) is 10.4. The molecule has 0 fully saturated rings. The second-order valence-corrected chi connectivity index (χ2v) is 8.01. The molecule has 126 valence electrons. The van der Waals surface area contributed by atoms with E-state index in [1.807, 2.05) is 19.9 Å². The Labute approximate surface area is 137 Å². The fourth-order valence-corrected chi connectivity index (χ4v) is 3.87. The first-order valence-corrected chi connectivity index (χ1v) is 8.91. The molecule has 0 amide bonds. The van der Waals surface area contributed by atoms with E-state index in [0.717, 1.165) is 11.1 Å². The number of furan rings is 1. The lowest BCUT2D eigenvalue weighted by Gasteiger charge is -2.23. The number of rotatable bonds is 6. The van der Waals surface area contributed by atoms with E-state index in [2.05, 4.69) is 4.72 Å². The van der Waals surface area contributed by atoms with Crippen LogP contribution in [0.3, 0.4) is 0 Å². The summed E-state index contributed by atoms with van der Waals surface area (Å²) in [7, 11) is -3.68. The maximum Gasteiger partial charge on any atom is 0.240 e. The summed E-state index contributed by atoms with van der Waals surface area (Å²) in [6, 6.07) is 6.99. The van der Waals surface area contributed by atoms with E-state index >= 15 is 0 Å². The molecule has 0 aliphatic carbocycles. The second-order valence-electron chi connectivity index (χ2n) is 6.28. The number of hydrogen-bond donors (Lipinski definition) is 2. The van der Waals surface area contributed by atoms with Crippen molar-refractivity contribution >= 4 is 10.0 Å². The highest BCUT2D eigenvalue weighted by atomic mass is 32.2. The predicted molar refractivity (Wildman–Crippen MR) is 88.9 cm³/mol. The highest BCUT2D eigenvalue weighted by Gasteiger charge is 2.26. The smallest absolute Gasteiger partial charge is 0.240 e. The zero-order valence-corrected chi connectivity index (χ0v) is 14.7. The summed E-state index contributed by atoms with van der Waals surface area (Å²) in [5.74, 6) is 0.608. The van der Waals surface area contributed by atoms with E-state index in [9.17, 15) is 13.5 Å². The molecule has 1 atom stereocenters. The van der Waals surface area contributed by atoms with Gasteiger partial charge in [-0.25, -0.2) is 13.1 Å². The molecule has 5 nitrogen and oxygen atoms in total. The van der Waals surface area contributed by atoms with Gasteiger partial charge in [-0.15, -0.1) is 0 Å². The predicted octanol–water partition coefficient (Wildman–Crippen LogP) is 2.48. The Morgan fingerprint density at radius 3 is 2.43 bits per heavy atom. The molecule has 2 aromatic rings. The highest BCUT2D eigenvalue weighted by Crippen LogP contribution is 2.21. The maximum atomic E-state index is 12.5. The molecule has 0 saturated carbocycles. The topological polar surface area (TPSA) is 79.5 Å². The Kier molecular flexibility index (Phi) is 4.98. The number of aliphatic hydroxyl groups is 1. The lowest BCUT2D eigenvalue weighted by Crippen LogP contribution is -2.42. The number of hydrogen-bond acceptors (Lipinski definition) is 4. The van der Waals surface area contributed by atoms with Crippen LogP contribution in [0.15, 0.2) is 39.8 Å². The van der Waals surface area contributed by atoms with Gasteiger partial charge in [0.2, 0.25) is 10.0 Å². The zero-order valence-electron chi connectivity index (χ0n) is 13.9. The van der Waals surface area contributed by atoms with Crippen molar-refractivity contribution < 1.29 is 17.9 Å². The molecule has 6 heteroatoms. The Morgan fingerprint density at radius 1 is 1.17 bits per heavy atom. The molecule has 1 heterocycles. The summed E-state index contributed by atoms with van der Waals surface area (Å²) in [6.07, 6.45) is 1.75. The number of sulfonamides is 1. The van der Waals surface area contributed by atoms with E-state index < -0.39 is 15.6 Å². The summed E-state index contributed by atoms with van der Waals surface area (Å²) in [5.41, 5.74) is 1.41. The Morgan fingerprint density at radius 2 is 1.83 bits per heavy atom. The normalized spacial score (nSPS) is 14.7. The van der Waals surface area contributed by atoms with Crippen LogP contribution in [-0.2, 0) is 16.4 Å². The minimum atomic E-state index is -3.68. The minimum Gasteiger partial charge on any atom is -0.469 e. The van der Waals surface area contributed by atoms with Crippen LogP contribution < -0.4 is 4.72 Å². The third-order valence-corrected chi connectivity index (χ3v) is 5.40. The molecular formula is C17H23NO4S. The zero-order chi connectivity index (χ0) is 17.3. The van der Waals surface area contributed by atoms with Crippen LogP contribution in [0.4, 0.5) is 0 Å². The largest absolute Gasteiger partial charge is 0.469 e. The van der Waals surface area contributed by atoms with Gasteiger partial charge in [0.1, 0.15) is 5.76 Å². The lowest BCUT2D eigenvalue weighted by atomic mass is 10.0. The first kappa shape index (κ1) is 17.7. The van der Waals surface area contributed by atoms with Gasteiger partial charge in [0.25, 0.3) is 0 Å². The fourth-order valence-electron chi connectivity index (χ4n) is 2.40. The maximum absolute atomic E-state index is 12.5. The van der Waals surface area contributed by atoms with Gasteiger partial charge in [0.05, 0.1) is 16.8 Å². The number of nitrogens with one attached hydrogen (secondary N) is 1. The Bertz CT molecular complexity index is 777. The summed E-state index contributed by atoms with van der Waals surface area (Å²) >= 11 is 0. The van der Waals surface area contributed by atoms with Gasteiger partial charge in [-0.05, 0) is 62.6 Å². The molecule has 1 aromatic carbocycles. The second kappa shape index (κ2) is 6.47. The van der Waals surface area contributed by atoms with E-state index in [0.29, 0.717) is 11.3 Å². The van der Waals surface area contributed by atoms with Crippen molar-refractivity contribution in [3.63, 3.8) is 0 Å². The van der Waals surface area contributed by atoms with Crippen LogP contribution >= 0.6 is 0 Å². The third-order valence-electron chi connectivity index (χ3n) is 3.86. The molecule has 1 unspecified atom stereocenters. The molecule has 0 aliphatic heterocycles. The van der Waals surface area contributed by atoms with Crippen molar-refractivity contribution in [2.24, 2.45) is 0 Å². The van der Waals surface area contributed by atoms with Crippen LogP contribution in [0.25, 0.3) is 0 Å². The Balaban J connectivity index is 2.14. The van der Waals surface area contributed by atoms with Gasteiger partial charge < -0.3 is 9.52 Å². The number of aryl methyl sites for hydroxylation is 3. The standard InChI is InChI=1S/C17H23NO4S/c1-12-8-14(3)16(9-13(12)2)23(20,21)18-11-17(4,19)10-15-6-5-7-22-15/h5-9,18-19H,10-11H2,1-4H3. The monoisotopic (exact) mass is 337 g/mol. The van der Waals surface area contributed by atoms with Crippen molar-refractivity contribution in [3.05, 3.63) is 53.0 Å². The molecular weight excluding hydrogens is 314 g/mol. The highest BCUT2D eigenvalue weighted by molar-refractivity contribution is 7.89. The molecule has 2 N–H and O–H groups in total. The summed E-state index contributed by atoms with van der Waals surface area (Å²) < 4.78 is 32.7. The van der Waals surface area contributed by atoms with Gasteiger partial charge in [-0.1, -0.05) is 6.07 Å². The molecule has 1 aromatic heterocycles. The molecule has 23 heavy (non-hydrogen) atoms. The van der Waals surface area contributed by atoms with Crippen LogP contribution in [0.1, 0.15) is 29.4 Å². The van der Waals surface area contributed by atoms with Crippen LogP contribution in [0.2, 0.25) is 0 Å². The molecule has 0 saturated heterocycles. The minimum absolute atomic E-state index is 0.0948. The molecule has 2 rings (SSSR count). The first-order valence-electron chi connectivity index (χ1n) is 7.43. The lowest BCUT2D eigenvalue weighted by molar-refractivity contribution is 0.0603. The first-order chi connectivity index (χ1) is 10.6. The molecule has 0 radical (unpaired) electrons. The van der Waals surface area contributed by atoms with Crippen molar-refractivity contribution in [3.8, 4) is 0 Å². The van der Waals surface area contributed by atoms with E-state index in [4.69, 9.17) is 4.42 Å². The van der Waals surface area contributed by atoms with Gasteiger partial charge in [0, 0.05) is 13.0 Å². The van der Waals surface area contributed by atoms with Crippen LogP contribution in [0, 0.1) is 20.8 Å². The average molecular weight is 337 g/mol. The van der Waals surface area contributed by atoms with Gasteiger partial charge in [0.15, 0.2) is 0 Å². The van der Waals surface area contributed by atoms with Crippen molar-refractivity contribution in [1.29, 1.82) is 0 Å². The Hall–Kier alpha value is -1.63. The SMILES string of the molecule is Cc1cc(C)c(S(=O)(=O)NCC(C)(O)Cc2ccco2)cc1C. The number of benzene rings is 1. The van der Waals surface area contributed by atoms with Gasteiger partial charge in [-0.2, -0.15) is 0 Å². The summed E-state index contributed by atoms with van der Waals surface area (Å²) in [6.45, 7) is 7.07. The quantitative estimate of drug-likeness (QED) is 0.849. The van der Waals surface area contributed by atoms with Crippen LogP contribution in [-0.4, -0.2) is 25.7 Å². The molecule has 0 aliphatic rings. The third kappa shape index (κ3) is 4.43. The average Bonchev–Trinajstić information content (AvgIpc) is 2.93. The van der Waals surface area contributed by atoms with Crippen molar-refractivity contribution in [2.45, 2.75) is 44.6 Å². The van der Waals surface area contributed by atoms with E-state index in [1.54, 1.807) is 32.0 Å². The molecule has 0 spiro atoms. The van der Waals surface area contributed by atoms with E-state index in [-0.39, 0.29) is 17.9 Å². The summed E-state index contributed by atoms with van der Waals surface area (Å²) in [4.78, 5) is 0.245. The van der Waals surface area contributed by atoms with Gasteiger partial charge in [-0.3, -0.25) is 0 Å².